The Morgan fingerprint density at radius 3 is 2.57 bits per heavy atom. The second-order valence-electron chi connectivity index (χ2n) is 7.47. The Balaban J connectivity index is 1.51. The maximum atomic E-state index is 12.3. The minimum atomic E-state index is -0.472. The highest BCUT2D eigenvalue weighted by atomic mass is 35.5. The molecular formula is C23H27ClN6O5. The van der Waals surface area contributed by atoms with Gasteiger partial charge in [-0.05, 0) is 54.0 Å². The van der Waals surface area contributed by atoms with Crippen LogP contribution in [0.25, 0.3) is 0 Å². The summed E-state index contributed by atoms with van der Waals surface area (Å²) in [5.74, 6) is -0.128. The number of nitrogens with one attached hydrogen (secondary N) is 3. The number of nitrogen functional groups attached to an aromatic ring is 1. The Labute approximate surface area is 207 Å². The lowest BCUT2D eigenvalue weighted by Gasteiger charge is -2.15. The van der Waals surface area contributed by atoms with Crippen molar-refractivity contribution in [2.75, 3.05) is 37.4 Å². The maximum absolute atomic E-state index is 12.3. The lowest BCUT2D eigenvalue weighted by atomic mass is 10.2. The number of nitrogens with two attached hydrogens (primary N) is 1. The number of hydrogen-bond donors (Lipinski definition) is 4. The fourth-order valence-corrected chi connectivity index (χ4v) is 3.32. The van der Waals surface area contributed by atoms with Crippen LogP contribution >= 0.6 is 11.6 Å². The van der Waals surface area contributed by atoms with Crippen molar-refractivity contribution < 1.29 is 23.7 Å². The topological polar surface area (TPSA) is 154 Å². The molecule has 0 spiro atoms. The molecule has 1 aromatic heterocycles. The van der Waals surface area contributed by atoms with Gasteiger partial charge in [-0.15, -0.1) is 0 Å². The van der Waals surface area contributed by atoms with Gasteiger partial charge in [-0.2, -0.15) is 0 Å². The lowest BCUT2D eigenvalue weighted by Crippen LogP contribution is -2.32. The predicted octanol–water partition coefficient (Wildman–Crippen LogP) is 2.55. The van der Waals surface area contributed by atoms with E-state index in [1.807, 2.05) is 38.1 Å². The number of ether oxygens (including phenoxy) is 2. The van der Waals surface area contributed by atoms with Gasteiger partial charge in [0, 0.05) is 25.3 Å². The second kappa shape index (κ2) is 12.6. The lowest BCUT2D eigenvalue weighted by molar-refractivity contribution is -0.118. The van der Waals surface area contributed by atoms with E-state index < -0.39 is 5.91 Å². The molecule has 0 fully saturated rings. The van der Waals surface area contributed by atoms with Crippen LogP contribution in [0.5, 0.6) is 11.5 Å². The highest BCUT2D eigenvalue weighted by molar-refractivity contribution is 6.32. The molecule has 0 radical (unpaired) electrons. The minimum Gasteiger partial charge on any atom is -0.490 e. The van der Waals surface area contributed by atoms with Crippen LogP contribution in [0, 0.1) is 6.92 Å². The average molecular weight is 503 g/mol. The number of amides is 2. The molecule has 35 heavy (non-hydrogen) atoms. The van der Waals surface area contributed by atoms with Crippen LogP contribution in [-0.4, -0.2) is 48.4 Å². The smallest absolute Gasteiger partial charge is 0.277 e. The van der Waals surface area contributed by atoms with Crippen molar-refractivity contribution in [3.63, 3.8) is 0 Å². The van der Waals surface area contributed by atoms with Gasteiger partial charge in [0.15, 0.2) is 18.1 Å². The number of carbonyl (C=O) groups is 2. The van der Waals surface area contributed by atoms with Crippen LogP contribution in [-0.2, 0) is 11.3 Å². The molecule has 0 saturated carbocycles. The SMILES string of the molecule is CCOc1cc(CNCCNC(=O)c2nonc2N)cc(Cl)c1OCC(=O)Nc1ccc(C)cc1. The number of benzene rings is 2. The summed E-state index contributed by atoms with van der Waals surface area (Å²) in [5, 5.41) is 15.8. The molecule has 0 atom stereocenters. The molecule has 12 heteroatoms. The van der Waals surface area contributed by atoms with E-state index in [4.69, 9.17) is 26.8 Å². The zero-order valence-corrected chi connectivity index (χ0v) is 20.1. The summed E-state index contributed by atoms with van der Waals surface area (Å²) in [7, 11) is 0. The van der Waals surface area contributed by atoms with Gasteiger partial charge < -0.3 is 31.2 Å². The Bertz CT molecular complexity index is 1150. The third-order valence-corrected chi connectivity index (χ3v) is 4.98. The number of aromatic nitrogens is 2. The van der Waals surface area contributed by atoms with Crippen molar-refractivity contribution >= 4 is 34.9 Å². The number of aryl methyl sites for hydroxylation is 1. The molecule has 3 rings (SSSR count). The number of nitrogens with zero attached hydrogens (tertiary/aromatic N) is 2. The van der Waals surface area contributed by atoms with Crippen LogP contribution < -0.4 is 31.2 Å². The molecule has 0 saturated heterocycles. The predicted molar refractivity (Wildman–Crippen MR) is 131 cm³/mol. The van der Waals surface area contributed by atoms with Crippen LogP contribution in [0.1, 0.15) is 28.5 Å². The van der Waals surface area contributed by atoms with Gasteiger partial charge >= 0.3 is 0 Å². The number of rotatable bonds is 12. The Hall–Kier alpha value is -3.83. The summed E-state index contributed by atoms with van der Waals surface area (Å²) in [6.45, 7) is 5.23. The van der Waals surface area contributed by atoms with Crippen LogP contribution in [0.15, 0.2) is 41.0 Å². The molecule has 1 heterocycles. The van der Waals surface area contributed by atoms with Crippen LogP contribution in [0.3, 0.4) is 0 Å². The molecule has 3 aromatic rings. The van der Waals surface area contributed by atoms with E-state index in [0.717, 1.165) is 11.1 Å². The van der Waals surface area contributed by atoms with Crippen molar-refractivity contribution in [3.8, 4) is 11.5 Å². The normalized spacial score (nSPS) is 10.6. The van der Waals surface area contributed by atoms with Crippen LogP contribution in [0.4, 0.5) is 11.5 Å². The quantitative estimate of drug-likeness (QED) is 0.273. The fraction of sp³-hybridized carbons (Fsp3) is 0.304. The zero-order chi connectivity index (χ0) is 25.2. The molecule has 11 nitrogen and oxygen atoms in total. The highest BCUT2D eigenvalue weighted by Gasteiger charge is 2.16. The summed E-state index contributed by atoms with van der Waals surface area (Å²) in [6.07, 6.45) is 0. The molecular weight excluding hydrogens is 476 g/mol. The summed E-state index contributed by atoms with van der Waals surface area (Å²) >= 11 is 6.43. The number of halogens is 1. The van der Waals surface area contributed by atoms with E-state index in [-0.39, 0.29) is 24.0 Å². The van der Waals surface area contributed by atoms with Gasteiger partial charge in [-0.3, -0.25) is 9.59 Å². The molecule has 0 aliphatic rings. The van der Waals surface area contributed by atoms with E-state index in [1.54, 1.807) is 12.1 Å². The Kier molecular flexibility index (Phi) is 9.27. The molecule has 0 bridgehead atoms. The molecule has 2 aromatic carbocycles. The average Bonchev–Trinajstić information content (AvgIpc) is 3.26. The van der Waals surface area contributed by atoms with Crippen molar-refractivity contribution in [1.82, 2.24) is 20.9 Å². The molecule has 186 valence electrons. The molecule has 0 aliphatic heterocycles. The molecule has 2 amide bonds. The van der Waals surface area contributed by atoms with Gasteiger partial charge in [-0.1, -0.05) is 29.3 Å². The first-order chi connectivity index (χ1) is 16.9. The van der Waals surface area contributed by atoms with Crippen molar-refractivity contribution in [1.29, 1.82) is 0 Å². The Morgan fingerprint density at radius 2 is 1.89 bits per heavy atom. The summed E-state index contributed by atoms with van der Waals surface area (Å²) in [5.41, 5.74) is 8.05. The van der Waals surface area contributed by atoms with E-state index in [9.17, 15) is 9.59 Å². The first-order valence-electron chi connectivity index (χ1n) is 10.9. The van der Waals surface area contributed by atoms with E-state index in [1.165, 1.54) is 0 Å². The largest absolute Gasteiger partial charge is 0.490 e. The van der Waals surface area contributed by atoms with Gasteiger partial charge in [-0.25, -0.2) is 4.63 Å². The van der Waals surface area contributed by atoms with Crippen LogP contribution in [0.2, 0.25) is 5.02 Å². The first-order valence-corrected chi connectivity index (χ1v) is 11.3. The third kappa shape index (κ3) is 7.59. The Morgan fingerprint density at radius 1 is 1.11 bits per heavy atom. The molecule has 5 N–H and O–H groups in total. The minimum absolute atomic E-state index is 0.0544. The number of anilines is 2. The van der Waals surface area contributed by atoms with E-state index in [0.29, 0.717) is 48.5 Å². The van der Waals surface area contributed by atoms with Gasteiger partial charge in [0.2, 0.25) is 11.5 Å². The van der Waals surface area contributed by atoms with E-state index in [2.05, 4.69) is 30.9 Å². The van der Waals surface area contributed by atoms with Crippen molar-refractivity contribution in [3.05, 3.63) is 58.2 Å². The first kappa shape index (κ1) is 25.8. The zero-order valence-electron chi connectivity index (χ0n) is 19.4. The fourth-order valence-electron chi connectivity index (χ4n) is 3.03. The molecule has 0 aliphatic carbocycles. The monoisotopic (exact) mass is 502 g/mol. The van der Waals surface area contributed by atoms with Gasteiger partial charge in [0.05, 0.1) is 11.6 Å². The second-order valence-corrected chi connectivity index (χ2v) is 7.88. The standard InChI is InChI=1S/C23H27ClN6O5/c1-3-33-18-11-15(12-26-8-9-27-23(32)20-22(25)30-35-29-20)10-17(24)21(18)34-13-19(31)28-16-6-4-14(2)5-7-16/h4-7,10-11,26H,3,8-9,12-13H2,1-2H3,(H2,25,30)(H,27,32)(H,28,31). The maximum Gasteiger partial charge on any atom is 0.277 e. The number of carbonyl (C=O) groups excluding carboxylic acids is 2. The molecule has 0 unspecified atom stereocenters. The summed E-state index contributed by atoms with van der Waals surface area (Å²) < 4.78 is 15.8. The summed E-state index contributed by atoms with van der Waals surface area (Å²) in [6, 6.07) is 11.0. The van der Waals surface area contributed by atoms with Crippen molar-refractivity contribution in [2.45, 2.75) is 20.4 Å². The number of hydrogen-bond acceptors (Lipinski definition) is 9. The highest BCUT2D eigenvalue weighted by Crippen LogP contribution is 2.36. The summed E-state index contributed by atoms with van der Waals surface area (Å²) in [4.78, 5) is 24.2. The van der Waals surface area contributed by atoms with Gasteiger partial charge in [0.25, 0.3) is 11.8 Å². The van der Waals surface area contributed by atoms with Gasteiger partial charge in [0.1, 0.15) is 0 Å². The van der Waals surface area contributed by atoms with E-state index >= 15 is 0 Å². The third-order valence-electron chi connectivity index (χ3n) is 4.70. The van der Waals surface area contributed by atoms with Crippen molar-refractivity contribution in [2.24, 2.45) is 0 Å².